The molecular formula is C19H24IN3O3. The van der Waals surface area contributed by atoms with Crippen molar-refractivity contribution >= 4 is 34.8 Å². The number of carbonyl (C=O) groups is 1. The zero-order chi connectivity index (χ0) is 18.3. The SMILES string of the molecule is COc1cc(C=NNC(=O)NC23CC4CC(CC(C4)C2)C3)cc(I)c1O. The Morgan fingerprint density at radius 1 is 1.27 bits per heavy atom. The highest BCUT2D eigenvalue weighted by molar-refractivity contribution is 14.1. The number of phenols is 1. The maximum atomic E-state index is 12.4. The van der Waals surface area contributed by atoms with E-state index in [9.17, 15) is 9.90 Å². The number of hydrogen-bond acceptors (Lipinski definition) is 4. The van der Waals surface area contributed by atoms with Crippen molar-refractivity contribution in [1.29, 1.82) is 0 Å². The molecule has 4 fully saturated rings. The summed E-state index contributed by atoms with van der Waals surface area (Å²) in [7, 11) is 1.50. The van der Waals surface area contributed by atoms with Gasteiger partial charge in [0.25, 0.3) is 0 Å². The van der Waals surface area contributed by atoms with Crippen LogP contribution in [0.2, 0.25) is 0 Å². The number of aromatic hydroxyl groups is 1. The van der Waals surface area contributed by atoms with Gasteiger partial charge in [-0.05, 0) is 96.6 Å². The van der Waals surface area contributed by atoms with Crippen LogP contribution in [0.5, 0.6) is 11.5 Å². The fraction of sp³-hybridized carbons (Fsp3) is 0.579. The number of ether oxygens (including phenoxy) is 1. The number of hydrazone groups is 1. The molecule has 3 N–H and O–H groups in total. The third-order valence-electron chi connectivity index (χ3n) is 6.07. The summed E-state index contributed by atoms with van der Waals surface area (Å²) in [4.78, 5) is 12.4. The average molecular weight is 469 g/mol. The first-order valence-corrected chi connectivity index (χ1v) is 10.2. The van der Waals surface area contributed by atoms with E-state index in [1.807, 2.05) is 22.6 Å². The minimum absolute atomic E-state index is 0.0223. The second-order valence-corrected chi connectivity index (χ2v) is 9.24. The second kappa shape index (κ2) is 6.90. The number of urea groups is 1. The summed E-state index contributed by atoms with van der Waals surface area (Å²) < 4.78 is 5.80. The molecule has 0 atom stereocenters. The Kier molecular flexibility index (Phi) is 4.75. The average Bonchev–Trinajstić information content (AvgIpc) is 2.56. The molecule has 140 valence electrons. The van der Waals surface area contributed by atoms with Crippen molar-refractivity contribution < 1.29 is 14.6 Å². The van der Waals surface area contributed by atoms with Gasteiger partial charge in [0, 0.05) is 5.54 Å². The molecule has 2 amide bonds. The molecule has 0 heterocycles. The van der Waals surface area contributed by atoms with E-state index in [4.69, 9.17) is 4.74 Å². The number of carbonyl (C=O) groups excluding carboxylic acids is 1. The molecule has 4 saturated carbocycles. The van der Waals surface area contributed by atoms with Gasteiger partial charge in [-0.1, -0.05) is 0 Å². The molecule has 0 aliphatic heterocycles. The molecule has 1 aromatic rings. The van der Waals surface area contributed by atoms with Gasteiger partial charge in [0.05, 0.1) is 16.9 Å². The molecule has 0 saturated heterocycles. The molecule has 0 spiro atoms. The number of rotatable bonds is 4. The fourth-order valence-corrected chi connectivity index (χ4v) is 6.15. The van der Waals surface area contributed by atoms with Crippen LogP contribution in [-0.2, 0) is 0 Å². The normalized spacial score (nSPS) is 32.0. The van der Waals surface area contributed by atoms with Gasteiger partial charge >= 0.3 is 6.03 Å². The molecule has 6 nitrogen and oxygen atoms in total. The quantitative estimate of drug-likeness (QED) is 0.358. The maximum absolute atomic E-state index is 12.4. The van der Waals surface area contributed by atoms with E-state index in [1.165, 1.54) is 26.4 Å². The highest BCUT2D eigenvalue weighted by Crippen LogP contribution is 2.55. The Hall–Kier alpha value is -1.51. The minimum atomic E-state index is -0.233. The van der Waals surface area contributed by atoms with Gasteiger partial charge in [-0.3, -0.25) is 0 Å². The Morgan fingerprint density at radius 3 is 2.46 bits per heavy atom. The van der Waals surface area contributed by atoms with Crippen molar-refractivity contribution in [2.45, 2.75) is 44.1 Å². The van der Waals surface area contributed by atoms with Crippen molar-refractivity contribution in [3.05, 3.63) is 21.3 Å². The van der Waals surface area contributed by atoms with E-state index in [1.54, 1.807) is 18.3 Å². The van der Waals surface area contributed by atoms with Crippen molar-refractivity contribution in [2.75, 3.05) is 7.11 Å². The van der Waals surface area contributed by atoms with Gasteiger partial charge in [-0.25, -0.2) is 10.2 Å². The molecule has 0 aromatic heterocycles. The number of halogens is 1. The monoisotopic (exact) mass is 469 g/mol. The van der Waals surface area contributed by atoms with Crippen LogP contribution in [-0.4, -0.2) is 30.0 Å². The Labute approximate surface area is 166 Å². The molecule has 26 heavy (non-hydrogen) atoms. The molecule has 7 heteroatoms. The van der Waals surface area contributed by atoms with Gasteiger partial charge in [0.1, 0.15) is 0 Å². The lowest BCUT2D eigenvalue weighted by Crippen LogP contribution is -2.61. The fourth-order valence-electron chi connectivity index (χ4n) is 5.52. The summed E-state index contributed by atoms with van der Waals surface area (Å²) in [5.41, 5.74) is 3.32. The summed E-state index contributed by atoms with van der Waals surface area (Å²) >= 11 is 2.03. The first-order valence-electron chi connectivity index (χ1n) is 9.14. The zero-order valence-electron chi connectivity index (χ0n) is 14.8. The molecule has 4 bridgehead atoms. The van der Waals surface area contributed by atoms with Crippen molar-refractivity contribution in [3.8, 4) is 11.5 Å². The summed E-state index contributed by atoms with van der Waals surface area (Å²) in [5, 5.41) is 17.2. The van der Waals surface area contributed by atoms with Crippen LogP contribution in [0, 0.1) is 21.3 Å². The van der Waals surface area contributed by atoms with Gasteiger partial charge in [-0.2, -0.15) is 5.10 Å². The Bertz CT molecular complexity index is 715. The van der Waals surface area contributed by atoms with Crippen LogP contribution in [0.15, 0.2) is 17.2 Å². The lowest BCUT2D eigenvalue weighted by Gasteiger charge is -2.56. The number of amides is 2. The second-order valence-electron chi connectivity index (χ2n) is 8.08. The van der Waals surface area contributed by atoms with E-state index in [2.05, 4.69) is 15.8 Å². The largest absolute Gasteiger partial charge is 0.504 e. The standard InChI is InChI=1S/C19H24IN3O3/c1-26-16-6-14(5-15(20)17(16)24)10-21-23-18(25)22-19-7-11-2-12(8-19)4-13(3-11)9-19/h5-6,10-13,24H,2-4,7-9H2,1H3,(H2,22,23,25). The lowest BCUT2D eigenvalue weighted by atomic mass is 9.53. The molecule has 1 aromatic carbocycles. The predicted molar refractivity (Wildman–Crippen MR) is 108 cm³/mol. The van der Waals surface area contributed by atoms with Gasteiger partial charge in [0.15, 0.2) is 11.5 Å². The third kappa shape index (κ3) is 3.50. The maximum Gasteiger partial charge on any atom is 0.335 e. The van der Waals surface area contributed by atoms with Crippen LogP contribution < -0.4 is 15.5 Å². The molecule has 0 radical (unpaired) electrons. The smallest absolute Gasteiger partial charge is 0.335 e. The molecule has 4 aliphatic carbocycles. The molecule has 5 rings (SSSR count). The van der Waals surface area contributed by atoms with Crippen molar-refractivity contribution in [3.63, 3.8) is 0 Å². The molecule has 4 aliphatic rings. The van der Waals surface area contributed by atoms with Gasteiger partial charge in [0.2, 0.25) is 0 Å². The van der Waals surface area contributed by atoms with E-state index in [0.717, 1.165) is 42.6 Å². The van der Waals surface area contributed by atoms with Crippen LogP contribution in [0.3, 0.4) is 0 Å². The highest BCUT2D eigenvalue weighted by atomic mass is 127. The van der Waals surface area contributed by atoms with Crippen LogP contribution in [0.1, 0.15) is 44.1 Å². The first-order chi connectivity index (χ1) is 12.5. The van der Waals surface area contributed by atoms with Crippen LogP contribution in [0.25, 0.3) is 0 Å². The van der Waals surface area contributed by atoms with Crippen LogP contribution >= 0.6 is 22.6 Å². The number of nitrogens with zero attached hydrogens (tertiary/aromatic N) is 1. The Morgan fingerprint density at radius 2 is 1.88 bits per heavy atom. The predicted octanol–water partition coefficient (Wildman–Crippen LogP) is 3.61. The Balaban J connectivity index is 1.37. The number of methoxy groups -OCH3 is 1. The minimum Gasteiger partial charge on any atom is -0.504 e. The third-order valence-corrected chi connectivity index (χ3v) is 6.89. The molecular weight excluding hydrogens is 445 g/mol. The van der Waals surface area contributed by atoms with Crippen LogP contribution in [0.4, 0.5) is 4.79 Å². The van der Waals surface area contributed by atoms with E-state index < -0.39 is 0 Å². The van der Waals surface area contributed by atoms with Crippen molar-refractivity contribution in [2.24, 2.45) is 22.9 Å². The molecule has 0 unspecified atom stereocenters. The van der Waals surface area contributed by atoms with E-state index in [-0.39, 0.29) is 17.3 Å². The zero-order valence-corrected chi connectivity index (χ0v) is 17.0. The lowest BCUT2D eigenvalue weighted by molar-refractivity contribution is -0.0135. The summed E-state index contributed by atoms with van der Waals surface area (Å²) in [5.74, 6) is 2.86. The van der Waals surface area contributed by atoms with E-state index >= 15 is 0 Å². The number of phenolic OH excluding ortho intramolecular Hbond substituents is 1. The van der Waals surface area contributed by atoms with Crippen molar-refractivity contribution in [1.82, 2.24) is 10.7 Å². The van der Waals surface area contributed by atoms with Gasteiger partial charge in [-0.15, -0.1) is 0 Å². The van der Waals surface area contributed by atoms with E-state index in [0.29, 0.717) is 9.32 Å². The topological polar surface area (TPSA) is 83.0 Å². The number of nitrogens with one attached hydrogen (secondary N) is 2. The highest BCUT2D eigenvalue weighted by Gasteiger charge is 2.51. The summed E-state index contributed by atoms with van der Waals surface area (Å²) in [6.45, 7) is 0. The first kappa shape index (κ1) is 17.9. The number of hydrogen-bond donors (Lipinski definition) is 3. The summed E-state index contributed by atoms with van der Waals surface area (Å²) in [6.07, 6.45) is 8.95. The number of benzene rings is 1. The summed E-state index contributed by atoms with van der Waals surface area (Å²) in [6, 6.07) is 3.23. The van der Waals surface area contributed by atoms with Gasteiger partial charge < -0.3 is 15.2 Å².